The number of carbonyl (C=O) groups is 2. The van der Waals surface area contributed by atoms with Gasteiger partial charge in [-0.3, -0.25) is 13.9 Å². The number of carbonyl (C=O) groups excluding carboxylic acids is 2. The van der Waals surface area contributed by atoms with E-state index in [1.54, 1.807) is 44.4 Å². The molecule has 2 rings (SSSR count). The predicted octanol–water partition coefficient (Wildman–Crippen LogP) is 3.27. The third-order valence-corrected chi connectivity index (χ3v) is 6.65. The zero-order valence-electron chi connectivity index (χ0n) is 21.7. The molecule has 0 aliphatic heterocycles. The summed E-state index contributed by atoms with van der Waals surface area (Å²) in [5.41, 5.74) is 2.95. The highest BCUT2D eigenvalue weighted by atomic mass is 32.2. The average molecular weight is 504 g/mol. The zero-order valence-corrected chi connectivity index (χ0v) is 22.5. The van der Waals surface area contributed by atoms with Gasteiger partial charge in [0.15, 0.2) is 0 Å². The van der Waals surface area contributed by atoms with Crippen LogP contribution in [0.5, 0.6) is 5.75 Å². The molecule has 0 aromatic heterocycles. The highest BCUT2D eigenvalue weighted by molar-refractivity contribution is 7.92. The van der Waals surface area contributed by atoms with Gasteiger partial charge < -0.3 is 15.0 Å². The molecular formula is C26H37N3O5S. The summed E-state index contributed by atoms with van der Waals surface area (Å²) in [7, 11) is -2.21. The summed E-state index contributed by atoms with van der Waals surface area (Å²) in [5.74, 6) is 0.0932. The summed E-state index contributed by atoms with van der Waals surface area (Å²) in [6, 6.07) is 11.8. The Hall–Kier alpha value is -3.07. The van der Waals surface area contributed by atoms with Crippen LogP contribution in [0.15, 0.2) is 42.5 Å². The van der Waals surface area contributed by atoms with E-state index in [1.165, 1.54) is 4.90 Å². The Morgan fingerprint density at radius 3 is 2.20 bits per heavy atom. The van der Waals surface area contributed by atoms with E-state index in [9.17, 15) is 18.0 Å². The molecule has 2 amide bonds. The number of methoxy groups -OCH3 is 1. The Morgan fingerprint density at radius 1 is 1.03 bits per heavy atom. The van der Waals surface area contributed by atoms with E-state index >= 15 is 0 Å². The predicted molar refractivity (Wildman–Crippen MR) is 139 cm³/mol. The van der Waals surface area contributed by atoms with E-state index in [4.69, 9.17) is 4.74 Å². The van der Waals surface area contributed by atoms with Crippen LogP contribution >= 0.6 is 0 Å². The molecule has 0 heterocycles. The number of hydrogen-bond donors (Lipinski definition) is 1. The van der Waals surface area contributed by atoms with Crippen molar-refractivity contribution in [3.8, 4) is 5.75 Å². The van der Waals surface area contributed by atoms with Crippen LogP contribution in [-0.2, 0) is 26.2 Å². The molecule has 8 nitrogen and oxygen atoms in total. The molecule has 0 bridgehead atoms. The summed E-state index contributed by atoms with van der Waals surface area (Å²) >= 11 is 0. The Bertz CT molecular complexity index is 1130. The molecule has 1 N–H and O–H groups in total. The number of nitrogens with zero attached hydrogens (tertiary/aromatic N) is 2. The zero-order chi connectivity index (χ0) is 26.3. The summed E-state index contributed by atoms with van der Waals surface area (Å²) < 4.78 is 31.8. The largest absolute Gasteiger partial charge is 0.497 e. The lowest BCUT2D eigenvalue weighted by molar-refractivity contribution is -0.139. The number of nitrogens with one attached hydrogen (secondary N) is 1. The molecule has 0 radical (unpaired) electrons. The van der Waals surface area contributed by atoms with E-state index in [1.807, 2.05) is 39.8 Å². The SMILES string of the molecule is COc1cccc(CN(C(=O)CN(c2cc(C)cc(C)c2)S(C)(=O)=O)[C@H](C)C(=O)NCC(C)C)c1. The number of ether oxygens (including phenoxy) is 1. The van der Waals surface area contributed by atoms with Crippen LogP contribution in [0.1, 0.15) is 37.5 Å². The van der Waals surface area contributed by atoms with Crippen molar-refractivity contribution in [1.29, 1.82) is 0 Å². The summed E-state index contributed by atoms with van der Waals surface area (Å²) in [6.45, 7) is 9.53. The van der Waals surface area contributed by atoms with Gasteiger partial charge in [-0.05, 0) is 67.6 Å². The molecule has 0 aliphatic carbocycles. The highest BCUT2D eigenvalue weighted by Gasteiger charge is 2.30. The second-order valence-electron chi connectivity index (χ2n) is 9.30. The Kier molecular flexibility index (Phi) is 9.71. The van der Waals surface area contributed by atoms with E-state index < -0.39 is 28.5 Å². The van der Waals surface area contributed by atoms with Gasteiger partial charge in [-0.25, -0.2) is 8.42 Å². The third kappa shape index (κ3) is 8.28. The van der Waals surface area contributed by atoms with Crippen LogP contribution in [0.25, 0.3) is 0 Å². The number of rotatable bonds is 11. The monoisotopic (exact) mass is 503 g/mol. The fourth-order valence-corrected chi connectivity index (χ4v) is 4.54. The molecule has 0 unspecified atom stereocenters. The van der Waals surface area contributed by atoms with E-state index in [0.717, 1.165) is 27.3 Å². The number of benzene rings is 2. The molecule has 0 aliphatic rings. The number of anilines is 1. The normalized spacial score (nSPS) is 12.2. The molecule has 192 valence electrons. The van der Waals surface area contributed by atoms with Crippen molar-refractivity contribution >= 4 is 27.5 Å². The first-order valence-corrected chi connectivity index (χ1v) is 13.4. The van der Waals surface area contributed by atoms with Gasteiger partial charge in [-0.15, -0.1) is 0 Å². The van der Waals surface area contributed by atoms with Crippen molar-refractivity contribution in [2.75, 3.05) is 30.8 Å². The first kappa shape index (κ1) is 28.2. The van der Waals surface area contributed by atoms with Crippen molar-refractivity contribution in [3.05, 3.63) is 59.2 Å². The van der Waals surface area contributed by atoms with Gasteiger partial charge in [0, 0.05) is 13.1 Å². The maximum atomic E-state index is 13.6. The number of aryl methyl sites for hydroxylation is 2. The molecule has 1 atom stereocenters. The topological polar surface area (TPSA) is 96.0 Å². The Balaban J connectivity index is 2.41. The van der Waals surface area contributed by atoms with Gasteiger partial charge in [-0.2, -0.15) is 0 Å². The van der Waals surface area contributed by atoms with Gasteiger partial charge in [0.2, 0.25) is 21.8 Å². The van der Waals surface area contributed by atoms with Crippen molar-refractivity contribution in [3.63, 3.8) is 0 Å². The van der Waals surface area contributed by atoms with Crippen molar-refractivity contribution in [2.24, 2.45) is 5.92 Å². The first-order valence-electron chi connectivity index (χ1n) is 11.6. The maximum absolute atomic E-state index is 13.6. The van der Waals surface area contributed by atoms with Crippen molar-refractivity contribution < 1.29 is 22.7 Å². The summed E-state index contributed by atoms with van der Waals surface area (Å²) in [6.07, 6.45) is 1.07. The highest BCUT2D eigenvalue weighted by Crippen LogP contribution is 2.23. The second-order valence-corrected chi connectivity index (χ2v) is 11.2. The van der Waals surface area contributed by atoms with Crippen LogP contribution in [0.2, 0.25) is 0 Å². The smallest absolute Gasteiger partial charge is 0.244 e. The molecule has 0 spiro atoms. The minimum Gasteiger partial charge on any atom is -0.497 e. The van der Waals surface area contributed by atoms with Crippen LogP contribution in [0, 0.1) is 19.8 Å². The molecule has 9 heteroatoms. The van der Waals surface area contributed by atoms with Gasteiger partial charge in [-0.1, -0.05) is 32.0 Å². The maximum Gasteiger partial charge on any atom is 0.244 e. The fourth-order valence-electron chi connectivity index (χ4n) is 3.71. The Morgan fingerprint density at radius 2 is 1.66 bits per heavy atom. The van der Waals surface area contributed by atoms with Crippen LogP contribution in [-0.4, -0.2) is 57.6 Å². The lowest BCUT2D eigenvalue weighted by Crippen LogP contribution is -2.51. The number of hydrogen-bond acceptors (Lipinski definition) is 5. The summed E-state index contributed by atoms with van der Waals surface area (Å²) in [4.78, 5) is 27.9. The number of sulfonamides is 1. The molecular weight excluding hydrogens is 466 g/mol. The standard InChI is InChI=1S/C26H37N3O5S/c1-18(2)15-27-26(31)21(5)28(16-22-9-8-10-24(14-22)34-6)25(30)17-29(35(7,32)33)23-12-19(3)11-20(4)13-23/h8-14,18,21H,15-17H2,1-7H3,(H,27,31)/t21-/m1/s1. The van der Waals surface area contributed by atoms with Crippen LogP contribution in [0.3, 0.4) is 0 Å². The van der Waals surface area contributed by atoms with Crippen molar-refractivity contribution in [1.82, 2.24) is 10.2 Å². The molecule has 35 heavy (non-hydrogen) atoms. The second kappa shape index (κ2) is 12.1. The van der Waals surface area contributed by atoms with Crippen LogP contribution in [0.4, 0.5) is 5.69 Å². The van der Waals surface area contributed by atoms with E-state index in [-0.39, 0.29) is 18.4 Å². The van der Waals surface area contributed by atoms with Gasteiger partial charge in [0.1, 0.15) is 18.3 Å². The van der Waals surface area contributed by atoms with Gasteiger partial charge in [0.05, 0.1) is 19.1 Å². The molecule has 2 aromatic rings. The Labute approximate surface area is 209 Å². The van der Waals surface area contributed by atoms with Gasteiger partial charge >= 0.3 is 0 Å². The van der Waals surface area contributed by atoms with E-state index in [2.05, 4.69) is 5.32 Å². The van der Waals surface area contributed by atoms with Gasteiger partial charge in [0.25, 0.3) is 0 Å². The molecule has 0 fully saturated rings. The molecule has 0 saturated heterocycles. The van der Waals surface area contributed by atoms with Crippen LogP contribution < -0.4 is 14.4 Å². The summed E-state index contributed by atoms with van der Waals surface area (Å²) in [5, 5.41) is 2.87. The fraction of sp³-hybridized carbons (Fsp3) is 0.462. The first-order chi connectivity index (χ1) is 16.3. The van der Waals surface area contributed by atoms with E-state index in [0.29, 0.717) is 18.0 Å². The number of amides is 2. The lowest BCUT2D eigenvalue weighted by atomic mass is 10.1. The lowest BCUT2D eigenvalue weighted by Gasteiger charge is -2.32. The molecule has 2 aromatic carbocycles. The minimum absolute atomic E-state index is 0.122. The third-order valence-electron chi connectivity index (χ3n) is 5.51. The quantitative estimate of drug-likeness (QED) is 0.508. The molecule has 0 saturated carbocycles. The minimum atomic E-state index is -3.77. The van der Waals surface area contributed by atoms with Crippen molar-refractivity contribution in [2.45, 2.75) is 47.2 Å². The average Bonchev–Trinajstić information content (AvgIpc) is 2.77.